The van der Waals surface area contributed by atoms with Gasteiger partial charge in [0.15, 0.2) is 9.84 Å². The van der Waals surface area contributed by atoms with Crippen LogP contribution in [0.3, 0.4) is 0 Å². The molecular weight excluding hydrogens is 408 g/mol. The molecule has 3 aromatic rings. The molecule has 0 bridgehead atoms. The van der Waals surface area contributed by atoms with Gasteiger partial charge in [-0.3, -0.25) is 14.9 Å². The van der Waals surface area contributed by atoms with Crippen LogP contribution in [0.25, 0.3) is 0 Å². The summed E-state index contributed by atoms with van der Waals surface area (Å²) in [6.07, 6.45) is 0.962. The summed E-state index contributed by atoms with van der Waals surface area (Å²) in [6.45, 7) is 0.350. The largest absolute Gasteiger partial charge is 0.450 e. The van der Waals surface area contributed by atoms with E-state index in [1.54, 1.807) is 18.2 Å². The molecule has 0 aliphatic rings. The zero-order valence-electron chi connectivity index (χ0n) is 15.9. The van der Waals surface area contributed by atoms with Crippen LogP contribution in [0.5, 0.6) is 11.5 Å². The number of sulfone groups is 1. The van der Waals surface area contributed by atoms with Crippen molar-refractivity contribution >= 4 is 21.4 Å². The molecular formula is C21H18N2O6S. The average Bonchev–Trinajstić information content (AvgIpc) is 2.72. The van der Waals surface area contributed by atoms with Crippen molar-refractivity contribution in [2.75, 3.05) is 6.26 Å². The van der Waals surface area contributed by atoms with Crippen molar-refractivity contribution < 1.29 is 22.9 Å². The highest BCUT2D eigenvalue weighted by Crippen LogP contribution is 2.33. The molecule has 0 unspecified atom stereocenters. The van der Waals surface area contributed by atoms with Gasteiger partial charge >= 0.3 is 5.69 Å². The molecule has 0 radical (unpaired) electrons. The van der Waals surface area contributed by atoms with Gasteiger partial charge in [-0.15, -0.1) is 0 Å². The number of nitro groups is 1. The average molecular weight is 426 g/mol. The molecule has 1 N–H and O–H groups in total. The molecule has 3 aromatic carbocycles. The van der Waals surface area contributed by atoms with Gasteiger partial charge in [0.05, 0.1) is 9.82 Å². The smallest absolute Gasteiger partial charge is 0.312 e. The lowest BCUT2D eigenvalue weighted by Crippen LogP contribution is -2.22. The van der Waals surface area contributed by atoms with E-state index < -0.39 is 20.4 Å². The quantitative estimate of drug-likeness (QED) is 0.455. The first-order valence-corrected chi connectivity index (χ1v) is 10.7. The first-order valence-electron chi connectivity index (χ1n) is 8.82. The fourth-order valence-electron chi connectivity index (χ4n) is 2.66. The Morgan fingerprint density at radius 3 is 2.43 bits per heavy atom. The van der Waals surface area contributed by atoms with E-state index in [4.69, 9.17) is 4.74 Å². The summed E-state index contributed by atoms with van der Waals surface area (Å²) in [7, 11) is -3.61. The Labute approximate surface area is 173 Å². The third-order valence-electron chi connectivity index (χ3n) is 4.18. The molecule has 3 rings (SSSR count). The normalized spacial score (nSPS) is 11.0. The maximum Gasteiger partial charge on any atom is 0.312 e. The highest BCUT2D eigenvalue weighted by molar-refractivity contribution is 7.90. The highest BCUT2D eigenvalue weighted by atomic mass is 32.2. The van der Waals surface area contributed by atoms with E-state index in [9.17, 15) is 23.3 Å². The number of carbonyl (C=O) groups excluding carboxylic acids is 1. The number of hydrogen-bond donors (Lipinski definition) is 1. The van der Waals surface area contributed by atoms with Gasteiger partial charge in [-0.2, -0.15) is 0 Å². The summed E-state index contributed by atoms with van der Waals surface area (Å²) in [5, 5.41) is 14.1. The molecule has 30 heavy (non-hydrogen) atoms. The third-order valence-corrected chi connectivity index (χ3v) is 5.29. The molecule has 0 saturated heterocycles. The van der Waals surface area contributed by atoms with E-state index in [2.05, 4.69) is 5.32 Å². The zero-order valence-corrected chi connectivity index (χ0v) is 16.8. The van der Waals surface area contributed by atoms with Crippen LogP contribution >= 0.6 is 0 Å². The van der Waals surface area contributed by atoms with Crippen molar-refractivity contribution in [3.63, 3.8) is 0 Å². The van der Waals surface area contributed by atoms with Gasteiger partial charge in [-0.1, -0.05) is 36.4 Å². The number of hydrogen-bond acceptors (Lipinski definition) is 6. The number of nitrogens with one attached hydrogen (secondary N) is 1. The van der Waals surface area contributed by atoms with Gasteiger partial charge in [-0.05, 0) is 35.9 Å². The van der Waals surface area contributed by atoms with Gasteiger partial charge in [0, 0.05) is 24.4 Å². The first-order chi connectivity index (χ1) is 14.2. The van der Waals surface area contributed by atoms with Crippen LogP contribution < -0.4 is 10.1 Å². The number of rotatable bonds is 7. The SMILES string of the molecule is CS(=O)(=O)c1ccc(Oc2cccc(C(=O)NCc3ccccc3)c2)c([N+](=O)[O-])c1. The Morgan fingerprint density at radius 1 is 1.03 bits per heavy atom. The number of nitrogens with zero attached hydrogens (tertiary/aromatic N) is 1. The highest BCUT2D eigenvalue weighted by Gasteiger charge is 2.20. The maximum atomic E-state index is 12.4. The molecule has 8 nitrogen and oxygen atoms in total. The molecule has 0 aliphatic heterocycles. The van der Waals surface area contributed by atoms with Gasteiger partial charge in [-0.25, -0.2) is 8.42 Å². The minimum Gasteiger partial charge on any atom is -0.450 e. The second-order valence-electron chi connectivity index (χ2n) is 6.46. The summed E-state index contributed by atoms with van der Waals surface area (Å²) in [5.41, 5.74) is 0.774. The Morgan fingerprint density at radius 2 is 1.77 bits per heavy atom. The third kappa shape index (κ3) is 5.21. The predicted molar refractivity (Wildman–Crippen MR) is 110 cm³/mol. The van der Waals surface area contributed by atoms with Crippen LogP contribution in [0.4, 0.5) is 5.69 Å². The lowest BCUT2D eigenvalue weighted by Gasteiger charge is -2.10. The lowest BCUT2D eigenvalue weighted by atomic mass is 10.2. The lowest BCUT2D eigenvalue weighted by molar-refractivity contribution is -0.385. The van der Waals surface area contributed by atoms with Crippen molar-refractivity contribution in [1.82, 2.24) is 5.32 Å². The standard InChI is InChI=1S/C21H18N2O6S/c1-30(27,28)18-10-11-20(19(13-18)23(25)26)29-17-9-5-8-16(12-17)21(24)22-14-15-6-3-2-4-7-15/h2-13H,14H2,1H3,(H,22,24). The van der Waals surface area contributed by atoms with Crippen LogP contribution in [0.15, 0.2) is 77.7 Å². The topological polar surface area (TPSA) is 116 Å². The van der Waals surface area contributed by atoms with E-state index in [0.717, 1.165) is 17.9 Å². The van der Waals surface area contributed by atoms with E-state index in [1.807, 2.05) is 30.3 Å². The number of ether oxygens (including phenoxy) is 1. The first kappa shape index (κ1) is 21.0. The molecule has 9 heteroatoms. The Hall–Kier alpha value is -3.72. The van der Waals surface area contributed by atoms with Crippen molar-refractivity contribution in [1.29, 1.82) is 0 Å². The van der Waals surface area contributed by atoms with Crippen molar-refractivity contribution in [2.24, 2.45) is 0 Å². The summed E-state index contributed by atoms with van der Waals surface area (Å²) in [6, 6.07) is 19.0. The predicted octanol–water partition coefficient (Wildman–Crippen LogP) is 3.72. The molecule has 0 heterocycles. The Kier molecular flexibility index (Phi) is 6.12. The van der Waals surface area contributed by atoms with Crippen LogP contribution in [-0.2, 0) is 16.4 Å². The van der Waals surface area contributed by atoms with Gasteiger partial charge in [0.25, 0.3) is 5.91 Å². The Bertz CT molecular complexity index is 1190. The minimum absolute atomic E-state index is 0.130. The second kappa shape index (κ2) is 8.75. The second-order valence-corrected chi connectivity index (χ2v) is 8.47. The van der Waals surface area contributed by atoms with Crippen LogP contribution in [0.1, 0.15) is 15.9 Å². The van der Waals surface area contributed by atoms with Crippen LogP contribution in [0.2, 0.25) is 0 Å². The molecule has 0 atom stereocenters. The summed E-state index contributed by atoms with van der Waals surface area (Å²) in [4.78, 5) is 22.9. The molecule has 1 amide bonds. The summed E-state index contributed by atoms with van der Waals surface area (Å²) in [5.74, 6) is -0.252. The van der Waals surface area contributed by atoms with E-state index >= 15 is 0 Å². The molecule has 0 aromatic heterocycles. The fourth-order valence-corrected chi connectivity index (χ4v) is 3.31. The molecule has 0 aliphatic carbocycles. The zero-order chi connectivity index (χ0) is 21.7. The van der Waals surface area contributed by atoms with Gasteiger partial charge in [0.2, 0.25) is 5.75 Å². The molecule has 0 saturated carbocycles. The van der Waals surface area contributed by atoms with Crippen molar-refractivity contribution in [3.8, 4) is 11.5 Å². The van der Waals surface area contributed by atoms with Crippen molar-refractivity contribution in [3.05, 3.63) is 94.0 Å². The monoisotopic (exact) mass is 426 g/mol. The molecule has 0 fully saturated rings. The number of nitro benzene ring substituents is 1. The summed E-state index contributed by atoms with van der Waals surface area (Å²) >= 11 is 0. The van der Waals surface area contributed by atoms with E-state index in [-0.39, 0.29) is 22.3 Å². The van der Waals surface area contributed by atoms with Crippen LogP contribution in [0, 0.1) is 10.1 Å². The molecule has 154 valence electrons. The Balaban J connectivity index is 1.79. The van der Waals surface area contributed by atoms with E-state index in [1.165, 1.54) is 18.2 Å². The van der Waals surface area contributed by atoms with Crippen molar-refractivity contribution in [2.45, 2.75) is 11.4 Å². The number of carbonyl (C=O) groups is 1. The number of amides is 1. The fraction of sp³-hybridized carbons (Fsp3) is 0.0952. The summed E-state index contributed by atoms with van der Waals surface area (Å²) < 4.78 is 28.9. The van der Waals surface area contributed by atoms with Gasteiger partial charge in [0.1, 0.15) is 5.75 Å². The minimum atomic E-state index is -3.61. The van der Waals surface area contributed by atoms with Crippen LogP contribution in [-0.4, -0.2) is 25.5 Å². The maximum absolute atomic E-state index is 12.4. The molecule has 0 spiro atoms. The van der Waals surface area contributed by atoms with Gasteiger partial charge < -0.3 is 10.1 Å². The number of benzene rings is 3. The van der Waals surface area contributed by atoms with E-state index in [0.29, 0.717) is 12.1 Å².